The number of aromatic nitrogens is 2. The van der Waals surface area contributed by atoms with Crippen molar-refractivity contribution in [1.29, 1.82) is 0 Å². The molecule has 0 atom stereocenters. The Hall–Kier alpha value is -1.23. The Balaban J connectivity index is 2.76. The van der Waals surface area contributed by atoms with Gasteiger partial charge >= 0.3 is 0 Å². The molecule has 1 heterocycles. The molecule has 2 nitrogen and oxygen atoms in total. The average Bonchev–Trinajstić information content (AvgIpc) is 2.31. The van der Waals surface area contributed by atoms with Crippen LogP contribution in [-0.2, 0) is 7.05 Å². The summed E-state index contributed by atoms with van der Waals surface area (Å²) in [5, 5.41) is 0. The van der Waals surface area contributed by atoms with E-state index in [9.17, 15) is 0 Å². The van der Waals surface area contributed by atoms with Gasteiger partial charge in [-0.15, -0.1) is 0 Å². The van der Waals surface area contributed by atoms with Crippen molar-refractivity contribution in [3.8, 4) is 11.8 Å². The Morgan fingerprint density at radius 1 is 1.70 bits per heavy atom. The molecule has 0 N–H and O–H groups in total. The Morgan fingerprint density at radius 3 is 3.00 bits per heavy atom. The van der Waals surface area contributed by atoms with Gasteiger partial charge in [-0.25, -0.2) is 4.98 Å². The van der Waals surface area contributed by atoms with Crippen molar-refractivity contribution in [3.05, 3.63) is 18.2 Å². The number of aryl methyl sites for hydroxylation is 1. The summed E-state index contributed by atoms with van der Waals surface area (Å²) in [7, 11) is 1.93. The van der Waals surface area contributed by atoms with Crippen molar-refractivity contribution in [2.45, 2.75) is 13.3 Å². The van der Waals surface area contributed by atoms with Gasteiger partial charge in [-0.1, -0.05) is 12.8 Å². The SMILES string of the molecule is CCC#Cc1cn(C)cn1. The minimum absolute atomic E-state index is 0.851. The highest BCUT2D eigenvalue weighted by Crippen LogP contribution is 1.89. The molecule has 2 heteroatoms. The molecule has 0 aromatic carbocycles. The van der Waals surface area contributed by atoms with Crippen molar-refractivity contribution < 1.29 is 0 Å². The summed E-state index contributed by atoms with van der Waals surface area (Å²) < 4.78 is 1.89. The topological polar surface area (TPSA) is 17.8 Å². The fourth-order valence-electron chi connectivity index (χ4n) is 0.656. The van der Waals surface area contributed by atoms with Crippen molar-refractivity contribution in [2.24, 2.45) is 7.05 Å². The van der Waals surface area contributed by atoms with Crippen LogP contribution >= 0.6 is 0 Å². The average molecular weight is 134 g/mol. The first-order valence-corrected chi connectivity index (χ1v) is 3.29. The number of hydrogen-bond acceptors (Lipinski definition) is 1. The Kier molecular flexibility index (Phi) is 2.11. The lowest BCUT2D eigenvalue weighted by Crippen LogP contribution is -1.77. The van der Waals surface area contributed by atoms with Crippen LogP contribution in [0.5, 0.6) is 0 Å². The van der Waals surface area contributed by atoms with Crippen LogP contribution in [0.2, 0.25) is 0 Å². The van der Waals surface area contributed by atoms with Crippen molar-refractivity contribution in [1.82, 2.24) is 9.55 Å². The van der Waals surface area contributed by atoms with Gasteiger partial charge in [0.1, 0.15) is 5.69 Å². The van der Waals surface area contributed by atoms with Gasteiger partial charge in [0.15, 0.2) is 0 Å². The van der Waals surface area contributed by atoms with E-state index in [1.165, 1.54) is 0 Å². The maximum atomic E-state index is 4.04. The summed E-state index contributed by atoms with van der Waals surface area (Å²) in [5.41, 5.74) is 0.851. The molecule has 0 bridgehead atoms. The van der Waals surface area contributed by atoms with Crippen LogP contribution in [0.3, 0.4) is 0 Å². The first-order valence-electron chi connectivity index (χ1n) is 3.29. The van der Waals surface area contributed by atoms with Gasteiger partial charge in [0.05, 0.1) is 6.33 Å². The molecule has 10 heavy (non-hydrogen) atoms. The van der Waals surface area contributed by atoms with E-state index in [0.29, 0.717) is 0 Å². The smallest absolute Gasteiger partial charge is 0.131 e. The van der Waals surface area contributed by atoms with Gasteiger partial charge in [0.2, 0.25) is 0 Å². The minimum Gasteiger partial charge on any atom is -0.339 e. The molecule has 1 aromatic rings. The van der Waals surface area contributed by atoms with Crippen molar-refractivity contribution in [2.75, 3.05) is 0 Å². The van der Waals surface area contributed by atoms with Gasteiger partial charge in [0, 0.05) is 19.7 Å². The van der Waals surface area contributed by atoms with Gasteiger partial charge in [-0.2, -0.15) is 0 Å². The maximum absolute atomic E-state index is 4.04. The van der Waals surface area contributed by atoms with Crippen LogP contribution in [0.15, 0.2) is 12.5 Å². The molecule has 0 fully saturated rings. The molecule has 1 aromatic heterocycles. The lowest BCUT2D eigenvalue weighted by Gasteiger charge is -1.78. The predicted molar refractivity (Wildman–Crippen MR) is 40.4 cm³/mol. The van der Waals surface area contributed by atoms with Crippen molar-refractivity contribution in [3.63, 3.8) is 0 Å². The van der Waals surface area contributed by atoms with E-state index in [4.69, 9.17) is 0 Å². The first kappa shape index (κ1) is 6.88. The lowest BCUT2D eigenvalue weighted by atomic mass is 10.4. The molecule has 0 aliphatic rings. The van der Waals surface area contributed by atoms with Crippen LogP contribution in [-0.4, -0.2) is 9.55 Å². The summed E-state index contributed by atoms with van der Waals surface area (Å²) in [6.45, 7) is 2.02. The Labute approximate surface area is 60.9 Å². The quantitative estimate of drug-likeness (QED) is 0.487. The summed E-state index contributed by atoms with van der Waals surface area (Å²) in [5.74, 6) is 5.89. The Bertz CT molecular complexity index is 262. The second-order valence-electron chi connectivity index (χ2n) is 2.08. The van der Waals surface area contributed by atoms with E-state index in [1.54, 1.807) is 6.33 Å². The number of hydrogen-bond donors (Lipinski definition) is 0. The molecule has 0 unspecified atom stereocenters. The normalized spacial score (nSPS) is 8.60. The van der Waals surface area contributed by atoms with E-state index < -0.39 is 0 Å². The van der Waals surface area contributed by atoms with Crippen molar-refractivity contribution >= 4 is 0 Å². The molecule has 0 aliphatic carbocycles. The third-order valence-electron chi connectivity index (χ3n) is 1.10. The van der Waals surface area contributed by atoms with Crippen LogP contribution < -0.4 is 0 Å². The van der Waals surface area contributed by atoms with E-state index in [2.05, 4.69) is 16.8 Å². The van der Waals surface area contributed by atoms with E-state index in [1.807, 2.05) is 24.7 Å². The van der Waals surface area contributed by atoms with Gasteiger partial charge in [0.25, 0.3) is 0 Å². The van der Waals surface area contributed by atoms with Gasteiger partial charge in [-0.05, 0) is 5.92 Å². The Morgan fingerprint density at radius 2 is 2.50 bits per heavy atom. The van der Waals surface area contributed by atoms with Crippen LogP contribution in [0.4, 0.5) is 0 Å². The number of rotatable bonds is 0. The zero-order chi connectivity index (χ0) is 7.40. The van der Waals surface area contributed by atoms with Gasteiger partial charge < -0.3 is 4.57 Å². The summed E-state index contributed by atoms with van der Waals surface area (Å²) >= 11 is 0. The summed E-state index contributed by atoms with van der Waals surface area (Å²) in [6.07, 6.45) is 4.54. The van der Waals surface area contributed by atoms with E-state index in [-0.39, 0.29) is 0 Å². The molecule has 0 amide bonds. The molecule has 0 spiro atoms. The third-order valence-corrected chi connectivity index (χ3v) is 1.10. The number of nitrogens with zero attached hydrogens (tertiary/aromatic N) is 2. The highest BCUT2D eigenvalue weighted by Gasteiger charge is 1.86. The minimum atomic E-state index is 0.851. The monoisotopic (exact) mass is 134 g/mol. The molecular weight excluding hydrogens is 124 g/mol. The van der Waals surface area contributed by atoms with Crippen LogP contribution in [0, 0.1) is 11.8 Å². The molecule has 0 radical (unpaired) electrons. The number of imidazole rings is 1. The second kappa shape index (κ2) is 3.07. The maximum Gasteiger partial charge on any atom is 0.131 e. The molecule has 0 aliphatic heterocycles. The molecule has 1 rings (SSSR count). The van der Waals surface area contributed by atoms with Crippen LogP contribution in [0.1, 0.15) is 19.0 Å². The zero-order valence-electron chi connectivity index (χ0n) is 6.26. The predicted octanol–water partition coefficient (Wildman–Crippen LogP) is 1.18. The fourth-order valence-corrected chi connectivity index (χ4v) is 0.656. The standard InChI is InChI=1S/C8H10N2/c1-3-4-5-8-6-10(2)7-9-8/h6-7H,3H2,1-2H3. The molecule has 52 valence electrons. The summed E-state index contributed by atoms with van der Waals surface area (Å²) in [6, 6.07) is 0. The van der Waals surface area contributed by atoms with Gasteiger partial charge in [-0.3, -0.25) is 0 Å². The first-order chi connectivity index (χ1) is 4.83. The summed E-state index contributed by atoms with van der Waals surface area (Å²) in [4.78, 5) is 4.04. The van der Waals surface area contributed by atoms with E-state index in [0.717, 1.165) is 12.1 Å². The lowest BCUT2D eigenvalue weighted by molar-refractivity contribution is 0.913. The molecule has 0 saturated heterocycles. The van der Waals surface area contributed by atoms with E-state index >= 15 is 0 Å². The second-order valence-corrected chi connectivity index (χ2v) is 2.08. The highest BCUT2D eigenvalue weighted by atomic mass is 15.0. The van der Waals surface area contributed by atoms with Crippen LogP contribution in [0.25, 0.3) is 0 Å². The fraction of sp³-hybridized carbons (Fsp3) is 0.375. The zero-order valence-corrected chi connectivity index (χ0v) is 6.26. The molecular formula is C8H10N2. The third kappa shape index (κ3) is 1.63. The molecule has 0 saturated carbocycles. The largest absolute Gasteiger partial charge is 0.339 e. The highest BCUT2D eigenvalue weighted by molar-refractivity contribution is 5.24.